The van der Waals surface area contributed by atoms with Crippen molar-refractivity contribution in [3.63, 3.8) is 0 Å². The van der Waals surface area contributed by atoms with E-state index in [0.717, 1.165) is 42.9 Å². The molecule has 3 aromatic rings. The van der Waals surface area contributed by atoms with Gasteiger partial charge in [-0.2, -0.15) is 0 Å². The number of para-hydroxylation sites is 1. The number of anilines is 3. The van der Waals surface area contributed by atoms with Crippen LogP contribution in [0.2, 0.25) is 0 Å². The van der Waals surface area contributed by atoms with Crippen molar-refractivity contribution in [3.8, 4) is 0 Å². The number of aliphatic hydroxyl groups excluding tert-OH is 1. The number of piperidine rings is 1. The Balaban J connectivity index is 1.48. The zero-order chi connectivity index (χ0) is 25.5. The molecule has 0 spiro atoms. The molecule has 0 saturated carbocycles. The van der Waals surface area contributed by atoms with Crippen molar-refractivity contribution in [3.05, 3.63) is 72.1 Å². The predicted octanol–water partition coefficient (Wildman–Crippen LogP) is 3.21. The third-order valence-electron chi connectivity index (χ3n) is 6.80. The fraction of sp³-hybridized carbons (Fsp3) is 0.346. The quantitative estimate of drug-likeness (QED) is 0.357. The second-order valence-corrected chi connectivity index (χ2v) is 12.1. The first kappa shape index (κ1) is 24.4. The van der Waals surface area contributed by atoms with Crippen molar-refractivity contribution in [2.24, 2.45) is 10.7 Å². The summed E-state index contributed by atoms with van der Waals surface area (Å²) in [6.45, 7) is 4.95. The molecule has 2 aromatic carbocycles. The number of amidine groups is 1. The number of nitrogens with one attached hydrogen (secondary N) is 3. The number of aliphatic imine (C=N–C) groups is 1. The molecule has 10 heteroatoms. The molecule has 190 valence electrons. The monoisotopic (exact) mass is 508 g/mol. The minimum absolute atomic E-state index is 0.216. The van der Waals surface area contributed by atoms with Crippen molar-refractivity contribution in [2.45, 2.75) is 48.7 Å². The number of hydrogen-bond donors (Lipinski definition) is 5. The highest BCUT2D eigenvalue weighted by Crippen LogP contribution is 2.34. The Morgan fingerprint density at radius 3 is 2.50 bits per heavy atom. The van der Waals surface area contributed by atoms with Crippen molar-refractivity contribution in [2.75, 3.05) is 28.6 Å². The molecule has 5 rings (SSSR count). The van der Waals surface area contributed by atoms with Gasteiger partial charge in [-0.3, -0.25) is 5.73 Å². The maximum absolute atomic E-state index is 13.0. The molecule has 9 nitrogen and oxygen atoms in total. The Morgan fingerprint density at radius 2 is 1.81 bits per heavy atom. The summed E-state index contributed by atoms with van der Waals surface area (Å²) < 4.78 is 26.0. The predicted molar refractivity (Wildman–Crippen MR) is 143 cm³/mol. The van der Waals surface area contributed by atoms with Crippen LogP contribution in [0.1, 0.15) is 37.9 Å². The molecule has 2 aliphatic heterocycles. The summed E-state index contributed by atoms with van der Waals surface area (Å²) >= 11 is 0. The van der Waals surface area contributed by atoms with Crippen LogP contribution in [0.15, 0.2) is 70.7 Å². The van der Waals surface area contributed by atoms with Crippen LogP contribution in [0.3, 0.4) is 0 Å². The Hall–Kier alpha value is -3.34. The first-order chi connectivity index (χ1) is 17.2. The fourth-order valence-electron chi connectivity index (χ4n) is 4.61. The van der Waals surface area contributed by atoms with Crippen LogP contribution in [0, 0.1) is 0 Å². The smallest absolute Gasteiger partial charge is 0.211 e. The SMILES string of the molecule is CC(C)S(=O)(=O)c1ccccc1NC1=NC(N)(c2ccc(N3CCC(O)CC3)cc2)Nc2cc[nH]c21. The lowest BCUT2D eigenvalue weighted by Crippen LogP contribution is -2.47. The van der Waals surface area contributed by atoms with E-state index < -0.39 is 20.9 Å². The number of H-pyrrole nitrogens is 1. The van der Waals surface area contributed by atoms with Crippen LogP contribution in [0.25, 0.3) is 0 Å². The van der Waals surface area contributed by atoms with Crippen molar-refractivity contribution in [1.82, 2.24) is 4.98 Å². The lowest BCUT2D eigenvalue weighted by molar-refractivity contribution is 0.145. The molecule has 1 saturated heterocycles. The van der Waals surface area contributed by atoms with Gasteiger partial charge < -0.3 is 25.6 Å². The summed E-state index contributed by atoms with van der Waals surface area (Å²) in [7, 11) is -3.52. The summed E-state index contributed by atoms with van der Waals surface area (Å²) in [6, 6.07) is 16.6. The second kappa shape index (κ2) is 9.27. The van der Waals surface area contributed by atoms with E-state index in [1.54, 1.807) is 44.3 Å². The fourth-order valence-corrected chi connectivity index (χ4v) is 5.81. The third kappa shape index (κ3) is 4.47. The molecule has 0 amide bonds. The van der Waals surface area contributed by atoms with Gasteiger partial charge in [0.1, 0.15) is 5.69 Å². The van der Waals surface area contributed by atoms with Crippen molar-refractivity contribution >= 4 is 32.7 Å². The number of aromatic amines is 1. The number of nitrogens with two attached hydrogens (primary N) is 1. The lowest BCUT2D eigenvalue weighted by atomic mass is 10.0. The normalized spacial score (nSPS) is 20.6. The van der Waals surface area contributed by atoms with E-state index >= 15 is 0 Å². The molecule has 36 heavy (non-hydrogen) atoms. The minimum Gasteiger partial charge on any atom is -0.393 e. The van der Waals surface area contributed by atoms with Crippen LogP contribution in [-0.2, 0) is 15.6 Å². The average molecular weight is 509 g/mol. The van der Waals surface area contributed by atoms with Gasteiger partial charge in [0.05, 0.1) is 27.6 Å². The number of benzene rings is 2. The third-order valence-corrected chi connectivity index (χ3v) is 9.01. The van der Waals surface area contributed by atoms with Gasteiger partial charge in [-0.25, -0.2) is 13.4 Å². The molecule has 2 aliphatic rings. The van der Waals surface area contributed by atoms with E-state index in [9.17, 15) is 13.5 Å². The number of aliphatic hydroxyl groups is 1. The molecule has 1 unspecified atom stereocenters. The highest BCUT2D eigenvalue weighted by Gasteiger charge is 2.34. The average Bonchev–Trinajstić information content (AvgIpc) is 3.33. The number of rotatable bonds is 5. The summed E-state index contributed by atoms with van der Waals surface area (Å²) in [5, 5.41) is 15.8. The van der Waals surface area contributed by atoms with Gasteiger partial charge in [0.2, 0.25) is 5.79 Å². The Morgan fingerprint density at radius 1 is 1.11 bits per heavy atom. The van der Waals surface area contributed by atoms with Crippen LogP contribution in [0.4, 0.5) is 17.1 Å². The van der Waals surface area contributed by atoms with E-state index in [-0.39, 0.29) is 11.0 Å². The van der Waals surface area contributed by atoms with Crippen LogP contribution in [0.5, 0.6) is 0 Å². The van der Waals surface area contributed by atoms with E-state index in [1.165, 1.54) is 0 Å². The number of aromatic nitrogens is 1. The molecule has 3 heterocycles. The first-order valence-corrected chi connectivity index (χ1v) is 13.7. The number of sulfone groups is 1. The summed E-state index contributed by atoms with van der Waals surface area (Å²) in [6.07, 6.45) is 3.07. The zero-order valence-electron chi connectivity index (χ0n) is 20.4. The van der Waals surface area contributed by atoms with Crippen LogP contribution < -0.4 is 21.3 Å². The van der Waals surface area contributed by atoms with E-state index in [0.29, 0.717) is 17.2 Å². The minimum atomic E-state index is -3.52. The largest absolute Gasteiger partial charge is 0.393 e. The van der Waals surface area contributed by atoms with Crippen molar-refractivity contribution in [1.29, 1.82) is 0 Å². The molecule has 0 bridgehead atoms. The van der Waals surface area contributed by atoms with Crippen LogP contribution >= 0.6 is 0 Å². The number of fused-ring (bicyclic) bond motifs is 1. The van der Waals surface area contributed by atoms with Gasteiger partial charge in [0.25, 0.3) is 0 Å². The van der Waals surface area contributed by atoms with E-state index in [4.69, 9.17) is 10.7 Å². The molecule has 1 fully saturated rings. The Bertz CT molecular complexity index is 1370. The van der Waals surface area contributed by atoms with Gasteiger partial charge in [0.15, 0.2) is 15.7 Å². The zero-order valence-corrected chi connectivity index (χ0v) is 21.2. The van der Waals surface area contributed by atoms with E-state index in [1.807, 2.05) is 30.3 Å². The maximum Gasteiger partial charge on any atom is 0.211 e. The summed E-state index contributed by atoms with van der Waals surface area (Å²) in [5.74, 6) is -0.822. The molecule has 6 N–H and O–H groups in total. The molecule has 1 atom stereocenters. The Kier molecular flexibility index (Phi) is 6.27. The highest BCUT2D eigenvalue weighted by atomic mass is 32.2. The molecule has 0 aliphatic carbocycles. The molecular formula is C26H32N6O3S. The van der Waals surface area contributed by atoms with Gasteiger partial charge >= 0.3 is 0 Å². The number of hydrogen-bond acceptors (Lipinski definition) is 8. The van der Waals surface area contributed by atoms with Gasteiger partial charge in [0, 0.05) is 30.5 Å². The lowest BCUT2D eigenvalue weighted by Gasteiger charge is -2.34. The molecule has 1 aromatic heterocycles. The van der Waals surface area contributed by atoms with Crippen molar-refractivity contribution < 1.29 is 13.5 Å². The van der Waals surface area contributed by atoms with Gasteiger partial charge in [-0.05, 0) is 57.0 Å². The van der Waals surface area contributed by atoms with Gasteiger partial charge in [-0.15, -0.1) is 0 Å². The highest BCUT2D eigenvalue weighted by molar-refractivity contribution is 7.92. The second-order valence-electron chi connectivity index (χ2n) is 9.60. The molecule has 0 radical (unpaired) electrons. The van der Waals surface area contributed by atoms with Crippen LogP contribution in [-0.4, -0.2) is 48.8 Å². The van der Waals surface area contributed by atoms with E-state index in [2.05, 4.69) is 20.5 Å². The van der Waals surface area contributed by atoms with Gasteiger partial charge in [-0.1, -0.05) is 24.3 Å². The Labute approximate surface area is 211 Å². The summed E-state index contributed by atoms with van der Waals surface area (Å²) in [5.41, 5.74) is 10.5. The number of nitrogens with zero attached hydrogens (tertiary/aromatic N) is 2. The standard InChI is InChI=1S/C26H32N6O3S/c1-17(2)36(34,35)23-6-4-3-5-21(23)29-25-24-22(11-14-28-24)30-26(27,31-25)18-7-9-19(10-8-18)32-15-12-20(33)13-16-32/h3-11,14,17,20,28,30,33H,12-13,15-16,27H2,1-2H3,(H,29,31). The first-order valence-electron chi connectivity index (χ1n) is 12.2. The summed E-state index contributed by atoms with van der Waals surface area (Å²) in [4.78, 5) is 10.4. The topological polar surface area (TPSA) is 136 Å². The maximum atomic E-state index is 13.0. The molecular weight excluding hydrogens is 476 g/mol.